The minimum atomic E-state index is 0. The molecule has 3 rings (SSSR count). The van der Waals surface area contributed by atoms with Gasteiger partial charge in [-0.2, -0.15) is 0 Å². The minimum absolute atomic E-state index is 0. The predicted molar refractivity (Wildman–Crippen MR) is 147 cm³/mol. The zero-order valence-corrected chi connectivity index (χ0v) is 21.6. The van der Waals surface area contributed by atoms with E-state index < -0.39 is 0 Å². The number of hydrogen-bond acceptors (Lipinski definition) is 0. The van der Waals surface area contributed by atoms with Crippen LogP contribution in [0, 0.1) is 27.7 Å². The van der Waals surface area contributed by atoms with Gasteiger partial charge >= 0.3 is 0 Å². The molecule has 0 nitrogen and oxygen atoms in total. The molecule has 3 aromatic rings. The molecule has 0 aliphatic rings. The number of hydrogen-bond donors (Lipinski definition) is 0. The third-order valence-corrected chi connectivity index (χ3v) is 5.57. The highest BCUT2D eigenvalue weighted by atomic mass is 14.1. The van der Waals surface area contributed by atoms with E-state index in [2.05, 4.69) is 136 Å². The van der Waals surface area contributed by atoms with Crippen LogP contribution in [-0.4, -0.2) is 0 Å². The van der Waals surface area contributed by atoms with Crippen molar-refractivity contribution < 1.29 is 0 Å². The average Bonchev–Trinajstić information content (AvgIpc) is 2.68. The molecule has 32 heavy (non-hydrogen) atoms. The maximum Gasteiger partial charge on any atom is -0.0216 e. The van der Waals surface area contributed by atoms with E-state index in [9.17, 15) is 0 Å². The van der Waals surface area contributed by atoms with Crippen LogP contribution >= 0.6 is 0 Å². The van der Waals surface area contributed by atoms with Gasteiger partial charge in [0.2, 0.25) is 0 Å². The van der Waals surface area contributed by atoms with Crippen LogP contribution in [0.4, 0.5) is 0 Å². The Bertz CT molecular complexity index is 913. The Balaban J connectivity index is 0.000000444. The van der Waals surface area contributed by atoms with Gasteiger partial charge in [0.1, 0.15) is 0 Å². The van der Waals surface area contributed by atoms with Gasteiger partial charge in [0, 0.05) is 0 Å². The van der Waals surface area contributed by atoms with Gasteiger partial charge in [0.05, 0.1) is 0 Å². The third kappa shape index (κ3) is 10.3. The monoisotopic (exact) mass is 432 g/mol. The maximum atomic E-state index is 2.25. The van der Waals surface area contributed by atoms with Crippen molar-refractivity contribution in [2.24, 2.45) is 0 Å². The van der Waals surface area contributed by atoms with E-state index >= 15 is 0 Å². The first-order valence-electron chi connectivity index (χ1n) is 11.7. The van der Waals surface area contributed by atoms with Crippen LogP contribution in [0.25, 0.3) is 0 Å². The van der Waals surface area contributed by atoms with Crippen LogP contribution in [0.1, 0.15) is 106 Å². The standard InChI is InChI=1S/C11H16.2C10H14.CH4/c1-8(2)11-6-5-9(3)7-10(11)4;1-8(2)10-6-4-5-9(3)7-10;1-8(2)10-7-5-4-6-9(10)3;/h5-8H,1-4H3;2*4-8H,1-3H3;1H4. The number of aryl methyl sites for hydroxylation is 4. The van der Waals surface area contributed by atoms with E-state index in [1.807, 2.05) is 0 Å². The SMILES string of the molecule is C.Cc1ccc(C(C)C)c(C)c1.Cc1cccc(C(C)C)c1.Cc1ccccc1C(C)C. The molecule has 3 aromatic carbocycles. The van der Waals surface area contributed by atoms with Gasteiger partial charge in [-0.1, -0.05) is 127 Å². The van der Waals surface area contributed by atoms with Crippen LogP contribution < -0.4 is 0 Å². The summed E-state index contributed by atoms with van der Waals surface area (Å²) >= 11 is 0. The van der Waals surface area contributed by atoms with Crippen LogP contribution in [-0.2, 0) is 0 Å². The molecule has 0 saturated heterocycles. The molecule has 0 fully saturated rings. The smallest absolute Gasteiger partial charge is 0.0216 e. The summed E-state index contributed by atoms with van der Waals surface area (Å²) in [6, 6.07) is 23.9. The first-order chi connectivity index (χ1) is 14.5. The van der Waals surface area contributed by atoms with Gasteiger partial charge in [0.25, 0.3) is 0 Å². The molecule has 0 atom stereocenters. The van der Waals surface area contributed by atoms with Gasteiger partial charge in [-0.25, -0.2) is 0 Å². The van der Waals surface area contributed by atoms with Crippen molar-refractivity contribution in [1.82, 2.24) is 0 Å². The summed E-state index contributed by atoms with van der Waals surface area (Å²) in [5.74, 6) is 1.96. The lowest BCUT2D eigenvalue weighted by atomic mass is 9.97. The zero-order chi connectivity index (χ0) is 23.6. The molecular formula is C32H48. The summed E-state index contributed by atoms with van der Waals surface area (Å²) in [6.07, 6.45) is 0. The summed E-state index contributed by atoms with van der Waals surface area (Å²) in [5.41, 5.74) is 9.88. The lowest BCUT2D eigenvalue weighted by Gasteiger charge is -2.09. The van der Waals surface area contributed by atoms with E-state index in [-0.39, 0.29) is 7.43 Å². The highest BCUT2D eigenvalue weighted by Gasteiger charge is 2.01. The Morgan fingerprint density at radius 2 is 1.00 bits per heavy atom. The average molecular weight is 433 g/mol. The van der Waals surface area contributed by atoms with Gasteiger partial charge in [-0.05, 0) is 73.3 Å². The van der Waals surface area contributed by atoms with Crippen LogP contribution in [0.2, 0.25) is 0 Å². The largest absolute Gasteiger partial charge is 0.0776 e. The molecular weight excluding hydrogens is 384 g/mol. The quantitative estimate of drug-likeness (QED) is 0.386. The van der Waals surface area contributed by atoms with E-state index in [0.717, 1.165) is 0 Å². The van der Waals surface area contributed by atoms with Crippen molar-refractivity contribution >= 4 is 0 Å². The second-order valence-corrected chi connectivity index (χ2v) is 9.59. The fourth-order valence-electron chi connectivity index (χ4n) is 3.74. The highest BCUT2D eigenvalue weighted by molar-refractivity contribution is 5.32. The molecule has 0 aliphatic carbocycles. The molecule has 0 saturated carbocycles. The van der Waals surface area contributed by atoms with Gasteiger partial charge in [-0.15, -0.1) is 0 Å². The lowest BCUT2D eigenvalue weighted by Crippen LogP contribution is -1.91. The Labute approximate surface area is 200 Å². The second-order valence-electron chi connectivity index (χ2n) is 9.59. The van der Waals surface area contributed by atoms with Crippen LogP contribution in [0.5, 0.6) is 0 Å². The van der Waals surface area contributed by atoms with E-state index in [1.165, 1.54) is 38.9 Å². The van der Waals surface area contributed by atoms with E-state index in [1.54, 1.807) is 0 Å². The summed E-state index contributed by atoms with van der Waals surface area (Å²) in [7, 11) is 0. The Morgan fingerprint density at radius 1 is 0.469 bits per heavy atom. The zero-order valence-electron chi connectivity index (χ0n) is 21.6. The van der Waals surface area contributed by atoms with Crippen molar-refractivity contribution in [1.29, 1.82) is 0 Å². The topological polar surface area (TPSA) is 0 Å². The molecule has 0 aromatic heterocycles. The molecule has 0 amide bonds. The molecule has 0 radical (unpaired) electrons. The van der Waals surface area contributed by atoms with Crippen molar-refractivity contribution in [3.63, 3.8) is 0 Å². The molecule has 0 bridgehead atoms. The Kier molecular flexibility index (Phi) is 13.6. The van der Waals surface area contributed by atoms with Crippen LogP contribution in [0.3, 0.4) is 0 Å². The fourth-order valence-corrected chi connectivity index (χ4v) is 3.74. The lowest BCUT2D eigenvalue weighted by molar-refractivity contribution is 0.855. The summed E-state index contributed by atoms with van der Waals surface area (Å²) < 4.78 is 0. The van der Waals surface area contributed by atoms with Crippen molar-refractivity contribution in [3.8, 4) is 0 Å². The Hall–Kier alpha value is -2.34. The molecule has 0 heterocycles. The number of rotatable bonds is 3. The minimum Gasteiger partial charge on any atom is -0.0776 e. The molecule has 0 unspecified atom stereocenters. The van der Waals surface area contributed by atoms with Crippen molar-refractivity contribution in [2.75, 3.05) is 0 Å². The predicted octanol–water partition coefficient (Wildman–Crippen LogP) is 10.3. The van der Waals surface area contributed by atoms with Gasteiger partial charge < -0.3 is 0 Å². The van der Waals surface area contributed by atoms with Gasteiger partial charge in [0.15, 0.2) is 0 Å². The summed E-state index contributed by atoms with van der Waals surface area (Å²) in [4.78, 5) is 0. The fraction of sp³-hybridized carbons (Fsp3) is 0.438. The number of benzene rings is 3. The van der Waals surface area contributed by atoms with E-state index in [0.29, 0.717) is 17.8 Å². The van der Waals surface area contributed by atoms with Crippen LogP contribution in [0.15, 0.2) is 66.7 Å². The van der Waals surface area contributed by atoms with E-state index in [4.69, 9.17) is 0 Å². The second kappa shape index (κ2) is 14.7. The Morgan fingerprint density at radius 3 is 1.41 bits per heavy atom. The molecule has 0 heteroatoms. The molecule has 176 valence electrons. The summed E-state index contributed by atoms with van der Waals surface area (Å²) in [5, 5.41) is 0. The van der Waals surface area contributed by atoms with Crippen molar-refractivity contribution in [2.45, 2.75) is 94.4 Å². The molecule has 0 N–H and O–H groups in total. The first-order valence-corrected chi connectivity index (χ1v) is 11.7. The van der Waals surface area contributed by atoms with Gasteiger partial charge in [-0.3, -0.25) is 0 Å². The molecule has 0 spiro atoms. The third-order valence-electron chi connectivity index (χ3n) is 5.57. The van der Waals surface area contributed by atoms with Crippen molar-refractivity contribution in [3.05, 3.63) is 106 Å². The normalized spacial score (nSPS) is 10.2. The summed E-state index contributed by atoms with van der Waals surface area (Å²) in [6.45, 7) is 22.0. The maximum absolute atomic E-state index is 2.25. The first kappa shape index (κ1) is 29.7. The highest BCUT2D eigenvalue weighted by Crippen LogP contribution is 2.19. The molecule has 0 aliphatic heterocycles.